The summed E-state index contributed by atoms with van der Waals surface area (Å²) in [6.45, 7) is 7.74. The highest BCUT2D eigenvalue weighted by molar-refractivity contribution is 7.89. The molecule has 0 bridgehead atoms. The minimum Gasteiger partial charge on any atom is -0.354 e. The lowest BCUT2D eigenvalue weighted by Crippen LogP contribution is -2.49. The van der Waals surface area contributed by atoms with Crippen LogP contribution in [0.3, 0.4) is 0 Å². The van der Waals surface area contributed by atoms with Crippen LogP contribution in [-0.2, 0) is 10.0 Å². The summed E-state index contributed by atoms with van der Waals surface area (Å²) in [6, 6.07) is 7.15. The lowest BCUT2D eigenvalue weighted by molar-refractivity contribution is 0.312. The Morgan fingerprint density at radius 3 is 2.16 bits per heavy atom. The molecule has 12 heteroatoms. The number of piperazine rings is 2. The Kier molecular flexibility index (Phi) is 5.70. The van der Waals surface area contributed by atoms with E-state index in [1.165, 1.54) is 4.31 Å². The fourth-order valence-electron chi connectivity index (χ4n) is 4.18. The largest absolute Gasteiger partial charge is 0.354 e. The number of fused-ring (bicyclic) bond motifs is 1. The maximum absolute atomic E-state index is 13.3. The third-order valence-corrected chi connectivity index (χ3v) is 8.54. The van der Waals surface area contributed by atoms with Gasteiger partial charge in [-0.2, -0.15) is 13.1 Å². The predicted octanol–water partition coefficient (Wildman–Crippen LogP) is 1.05. The van der Waals surface area contributed by atoms with Crippen LogP contribution in [0.15, 0.2) is 29.2 Å². The van der Waals surface area contributed by atoms with Crippen molar-refractivity contribution < 1.29 is 8.42 Å². The Bertz CT molecular complexity index is 1220. The van der Waals surface area contributed by atoms with Crippen LogP contribution in [0.1, 0.15) is 5.82 Å². The van der Waals surface area contributed by atoms with Crippen LogP contribution in [0.4, 0.5) is 11.6 Å². The number of anilines is 2. The van der Waals surface area contributed by atoms with Crippen LogP contribution in [-0.4, -0.2) is 95.7 Å². The molecule has 0 atom stereocenters. The molecule has 32 heavy (non-hydrogen) atoms. The minimum atomic E-state index is -3.64. The Labute approximate surface area is 191 Å². The molecule has 4 heterocycles. The zero-order valence-electron chi connectivity index (χ0n) is 18.2. The first kappa shape index (κ1) is 21.4. The lowest BCUT2D eigenvalue weighted by Gasteiger charge is -2.36. The summed E-state index contributed by atoms with van der Waals surface area (Å²) >= 11 is 1.03. The van der Waals surface area contributed by atoms with E-state index in [0.717, 1.165) is 55.4 Å². The van der Waals surface area contributed by atoms with E-state index >= 15 is 0 Å². The highest BCUT2D eigenvalue weighted by Gasteiger charge is 2.31. The van der Waals surface area contributed by atoms with E-state index in [1.807, 2.05) is 13.0 Å². The molecule has 0 amide bonds. The number of rotatable bonds is 4. The Hall–Kier alpha value is -2.41. The van der Waals surface area contributed by atoms with E-state index in [-0.39, 0.29) is 4.90 Å². The van der Waals surface area contributed by atoms with E-state index in [0.29, 0.717) is 37.2 Å². The van der Waals surface area contributed by atoms with Gasteiger partial charge in [0.1, 0.15) is 33.4 Å². The van der Waals surface area contributed by atoms with Crippen LogP contribution in [0.2, 0.25) is 0 Å². The molecular weight excluding hydrogens is 448 g/mol. The number of aryl methyl sites for hydroxylation is 1. The smallest absolute Gasteiger partial charge is 0.245 e. The molecule has 0 radical (unpaired) electrons. The van der Waals surface area contributed by atoms with Gasteiger partial charge >= 0.3 is 0 Å². The van der Waals surface area contributed by atoms with Crippen molar-refractivity contribution in [3.63, 3.8) is 0 Å². The van der Waals surface area contributed by atoms with Crippen molar-refractivity contribution in [3.8, 4) is 0 Å². The van der Waals surface area contributed by atoms with E-state index in [1.54, 1.807) is 18.2 Å². The molecule has 0 unspecified atom stereocenters. The molecule has 10 nitrogen and oxygen atoms in total. The fourth-order valence-corrected chi connectivity index (χ4v) is 6.36. The van der Waals surface area contributed by atoms with Gasteiger partial charge in [-0.1, -0.05) is 6.07 Å². The number of likely N-dealkylation sites (N-methyl/N-ethyl adjacent to an activating group) is 1. The summed E-state index contributed by atoms with van der Waals surface area (Å²) in [6.07, 6.45) is 0. The van der Waals surface area contributed by atoms with E-state index in [2.05, 4.69) is 40.5 Å². The summed E-state index contributed by atoms with van der Waals surface area (Å²) < 4.78 is 36.5. The van der Waals surface area contributed by atoms with Gasteiger partial charge in [-0.25, -0.2) is 18.4 Å². The van der Waals surface area contributed by atoms with Gasteiger partial charge in [-0.05, 0) is 26.1 Å². The first-order valence-corrected chi connectivity index (χ1v) is 12.8. The van der Waals surface area contributed by atoms with Gasteiger partial charge < -0.3 is 14.7 Å². The van der Waals surface area contributed by atoms with Gasteiger partial charge in [0.05, 0.1) is 11.7 Å². The number of benzene rings is 1. The third kappa shape index (κ3) is 4.03. The van der Waals surface area contributed by atoms with Crippen LogP contribution in [0.5, 0.6) is 0 Å². The van der Waals surface area contributed by atoms with Crippen molar-refractivity contribution in [1.29, 1.82) is 0 Å². The first-order chi connectivity index (χ1) is 15.4. The Morgan fingerprint density at radius 1 is 0.875 bits per heavy atom. The predicted molar refractivity (Wildman–Crippen MR) is 125 cm³/mol. The molecule has 5 rings (SSSR count). The van der Waals surface area contributed by atoms with Crippen molar-refractivity contribution >= 4 is 44.4 Å². The quantitative estimate of drug-likeness (QED) is 0.549. The summed E-state index contributed by atoms with van der Waals surface area (Å²) in [4.78, 5) is 16.3. The number of hydrogen-bond acceptors (Lipinski definition) is 10. The summed E-state index contributed by atoms with van der Waals surface area (Å²) in [7, 11) is -1.51. The van der Waals surface area contributed by atoms with Crippen molar-refractivity contribution in [3.05, 3.63) is 30.1 Å². The SMILES string of the molecule is Cc1nc(N2CCN(C)CC2)cc(N2CCN(S(=O)(=O)c3cccc4nsnc34)CC2)n1. The standard InChI is InChI=1S/C20H26N8O2S2/c1-15-21-18(26-8-6-25(2)7-9-26)14-19(22-15)27-10-12-28(13-11-27)32(29,30)17-5-3-4-16-20(17)24-31-23-16/h3-5,14H,6-13H2,1-2H3. The van der Waals surface area contributed by atoms with Gasteiger partial charge in [-0.15, -0.1) is 0 Å². The minimum absolute atomic E-state index is 0.229. The molecule has 2 aliphatic rings. The topological polar surface area (TPSA) is 98.7 Å². The average molecular weight is 475 g/mol. The zero-order chi connectivity index (χ0) is 22.3. The third-order valence-electron chi connectivity index (χ3n) is 6.07. The van der Waals surface area contributed by atoms with E-state index in [9.17, 15) is 8.42 Å². The highest BCUT2D eigenvalue weighted by Crippen LogP contribution is 2.27. The number of hydrogen-bond donors (Lipinski definition) is 0. The molecule has 170 valence electrons. The molecule has 2 aromatic heterocycles. The first-order valence-electron chi connectivity index (χ1n) is 10.7. The second-order valence-corrected chi connectivity index (χ2v) is 10.6. The van der Waals surface area contributed by atoms with E-state index in [4.69, 9.17) is 0 Å². The molecular formula is C20H26N8O2S2. The molecule has 2 saturated heterocycles. The molecule has 2 fully saturated rings. The monoisotopic (exact) mass is 474 g/mol. The number of nitrogens with zero attached hydrogens (tertiary/aromatic N) is 8. The number of sulfonamides is 1. The lowest BCUT2D eigenvalue weighted by atomic mass is 10.3. The molecule has 0 N–H and O–H groups in total. The maximum Gasteiger partial charge on any atom is 0.245 e. The maximum atomic E-state index is 13.3. The van der Waals surface area contributed by atoms with Gasteiger partial charge in [0, 0.05) is 58.4 Å². The summed E-state index contributed by atoms with van der Waals surface area (Å²) in [5.74, 6) is 2.53. The van der Waals surface area contributed by atoms with Crippen molar-refractivity contribution in [2.75, 3.05) is 69.2 Å². The Balaban J connectivity index is 1.32. The summed E-state index contributed by atoms with van der Waals surface area (Å²) in [5, 5.41) is 0. The van der Waals surface area contributed by atoms with Gasteiger partial charge in [-0.3, -0.25) is 0 Å². The van der Waals surface area contributed by atoms with Crippen LogP contribution >= 0.6 is 11.7 Å². The summed E-state index contributed by atoms with van der Waals surface area (Å²) in [5.41, 5.74) is 1.06. The number of aromatic nitrogens is 4. The Morgan fingerprint density at radius 2 is 1.50 bits per heavy atom. The molecule has 3 aromatic rings. The second kappa shape index (κ2) is 8.50. The van der Waals surface area contributed by atoms with Crippen molar-refractivity contribution in [1.82, 2.24) is 27.9 Å². The zero-order valence-corrected chi connectivity index (χ0v) is 19.8. The molecule has 0 aliphatic carbocycles. The molecule has 0 spiro atoms. The molecule has 0 saturated carbocycles. The second-order valence-electron chi connectivity index (χ2n) is 8.20. The highest BCUT2D eigenvalue weighted by atomic mass is 32.2. The van der Waals surface area contributed by atoms with Gasteiger partial charge in [0.25, 0.3) is 0 Å². The van der Waals surface area contributed by atoms with Gasteiger partial charge in [0.15, 0.2) is 0 Å². The fraction of sp³-hybridized carbons (Fsp3) is 0.500. The van der Waals surface area contributed by atoms with Gasteiger partial charge in [0.2, 0.25) is 10.0 Å². The van der Waals surface area contributed by atoms with Crippen molar-refractivity contribution in [2.24, 2.45) is 0 Å². The van der Waals surface area contributed by atoms with Crippen LogP contribution in [0.25, 0.3) is 11.0 Å². The average Bonchev–Trinajstić information content (AvgIpc) is 3.28. The molecule has 2 aliphatic heterocycles. The van der Waals surface area contributed by atoms with Crippen LogP contribution < -0.4 is 9.80 Å². The van der Waals surface area contributed by atoms with Crippen LogP contribution in [0, 0.1) is 6.92 Å². The normalized spacial score (nSPS) is 19.1. The van der Waals surface area contributed by atoms with Crippen molar-refractivity contribution in [2.45, 2.75) is 11.8 Å². The molecule has 1 aromatic carbocycles. The van der Waals surface area contributed by atoms with E-state index < -0.39 is 10.0 Å².